The number of piperidine rings is 1. The Morgan fingerprint density at radius 3 is 2.44 bits per heavy atom. The molecule has 3 N–H and O–H groups in total. The number of rotatable bonds is 7. The van der Waals surface area contributed by atoms with Crippen LogP contribution in [0.5, 0.6) is 5.75 Å². The van der Waals surface area contributed by atoms with E-state index in [1.54, 1.807) is 12.0 Å². The lowest BCUT2D eigenvalue weighted by atomic mass is 9.63. The van der Waals surface area contributed by atoms with Crippen LogP contribution in [0.4, 0.5) is 0 Å². The van der Waals surface area contributed by atoms with Crippen LogP contribution >= 0.6 is 0 Å². The number of quaternary nitrogens is 2. The molecule has 0 bridgehead atoms. The number of hydrogen-bond acceptors (Lipinski definition) is 1. The van der Waals surface area contributed by atoms with E-state index in [1.807, 2.05) is 0 Å². The highest BCUT2D eigenvalue weighted by molar-refractivity contribution is 5.28. The van der Waals surface area contributed by atoms with Crippen molar-refractivity contribution < 1.29 is 15.0 Å². The molecule has 0 amide bonds. The molecule has 27 heavy (non-hydrogen) atoms. The fourth-order valence-electron chi connectivity index (χ4n) is 4.86. The van der Waals surface area contributed by atoms with E-state index < -0.39 is 0 Å². The van der Waals surface area contributed by atoms with Gasteiger partial charge in [-0.1, -0.05) is 37.3 Å². The van der Waals surface area contributed by atoms with Gasteiger partial charge in [-0.05, 0) is 36.8 Å². The molecule has 0 saturated carbocycles. The Kier molecular flexibility index (Phi) is 6.56. The summed E-state index contributed by atoms with van der Waals surface area (Å²) in [5.74, 6) is 1.63. The normalized spacial score (nSPS) is 28.1. The zero-order chi connectivity index (χ0) is 19.3. The fraction of sp³-hybridized carbons (Fsp3) is 0.500. The molecule has 1 aliphatic heterocycles. The molecule has 2 aromatic carbocycles. The standard InChI is InChI=1S/C24H34N2O/c1-19-18-26(3)20(2)16-24(19,22-8-6-5-7-9-22)14-15-25-17-21-10-12-23(27-4)13-11-21/h5-13,19-20,25H,14-18H2,1-4H3/p+2/t19-,20-,24+/m1/s1. The van der Waals surface area contributed by atoms with Crippen molar-refractivity contribution >= 4 is 0 Å². The molecule has 0 spiro atoms. The first-order valence-electron chi connectivity index (χ1n) is 10.4. The molecule has 1 saturated heterocycles. The van der Waals surface area contributed by atoms with Gasteiger partial charge < -0.3 is 15.0 Å². The second kappa shape index (κ2) is 8.90. The van der Waals surface area contributed by atoms with Gasteiger partial charge >= 0.3 is 0 Å². The number of hydrogen-bond donors (Lipinski definition) is 2. The summed E-state index contributed by atoms with van der Waals surface area (Å²) in [7, 11) is 4.07. The van der Waals surface area contributed by atoms with Gasteiger partial charge in [0, 0.05) is 29.7 Å². The highest BCUT2D eigenvalue weighted by Crippen LogP contribution is 2.40. The molecule has 0 aromatic heterocycles. The van der Waals surface area contributed by atoms with Gasteiger partial charge in [0.2, 0.25) is 0 Å². The zero-order valence-corrected chi connectivity index (χ0v) is 17.4. The van der Waals surface area contributed by atoms with Crippen molar-refractivity contribution in [3.63, 3.8) is 0 Å². The van der Waals surface area contributed by atoms with Gasteiger partial charge in [0.05, 0.1) is 33.3 Å². The molecule has 1 unspecified atom stereocenters. The third kappa shape index (κ3) is 4.53. The SMILES string of the molecule is COc1ccc(C[NH2+]CC[C@]2(c3ccccc3)C[C@@H](C)[NH+](C)C[C@H]2C)cc1. The molecule has 0 aliphatic carbocycles. The van der Waals surface area contributed by atoms with Gasteiger partial charge in [-0.2, -0.15) is 0 Å². The topological polar surface area (TPSA) is 30.3 Å². The quantitative estimate of drug-likeness (QED) is 0.720. The first-order chi connectivity index (χ1) is 13.0. The average Bonchev–Trinajstić information content (AvgIpc) is 2.70. The molecule has 1 heterocycles. The first kappa shape index (κ1) is 19.9. The molecule has 1 fully saturated rings. The Morgan fingerprint density at radius 2 is 1.78 bits per heavy atom. The van der Waals surface area contributed by atoms with Crippen LogP contribution < -0.4 is 15.0 Å². The van der Waals surface area contributed by atoms with Gasteiger partial charge in [-0.25, -0.2) is 0 Å². The van der Waals surface area contributed by atoms with Crippen LogP contribution in [0.25, 0.3) is 0 Å². The Bertz CT molecular complexity index is 700. The van der Waals surface area contributed by atoms with E-state index in [0.717, 1.165) is 18.8 Å². The molecule has 3 nitrogen and oxygen atoms in total. The van der Waals surface area contributed by atoms with Crippen LogP contribution in [0, 0.1) is 5.92 Å². The van der Waals surface area contributed by atoms with E-state index in [-0.39, 0.29) is 0 Å². The summed E-state index contributed by atoms with van der Waals surface area (Å²) in [5, 5.41) is 2.47. The minimum Gasteiger partial charge on any atom is -0.497 e. The molecule has 0 radical (unpaired) electrons. The Hall–Kier alpha value is -1.84. The van der Waals surface area contributed by atoms with Crippen molar-refractivity contribution in [1.82, 2.24) is 0 Å². The zero-order valence-electron chi connectivity index (χ0n) is 17.4. The summed E-state index contributed by atoms with van der Waals surface area (Å²) in [6.07, 6.45) is 2.52. The number of nitrogens with two attached hydrogens (primary N) is 1. The van der Waals surface area contributed by atoms with Gasteiger partial charge in [0.1, 0.15) is 12.3 Å². The maximum absolute atomic E-state index is 5.25. The minimum atomic E-state index is 0.302. The van der Waals surface area contributed by atoms with Crippen LogP contribution in [0.2, 0.25) is 0 Å². The third-order valence-corrected chi connectivity index (χ3v) is 6.77. The lowest BCUT2D eigenvalue weighted by Gasteiger charge is -2.47. The van der Waals surface area contributed by atoms with E-state index in [4.69, 9.17) is 4.74 Å². The number of methoxy groups -OCH3 is 1. The third-order valence-electron chi connectivity index (χ3n) is 6.77. The number of ether oxygens (including phenoxy) is 1. The van der Waals surface area contributed by atoms with E-state index in [0.29, 0.717) is 17.4 Å². The van der Waals surface area contributed by atoms with Gasteiger partial charge in [0.15, 0.2) is 0 Å². The molecule has 3 rings (SSSR count). The maximum atomic E-state index is 5.25. The van der Waals surface area contributed by atoms with Crippen molar-refractivity contribution in [2.24, 2.45) is 5.92 Å². The van der Waals surface area contributed by atoms with Crippen molar-refractivity contribution in [3.8, 4) is 5.75 Å². The van der Waals surface area contributed by atoms with Crippen LogP contribution in [-0.2, 0) is 12.0 Å². The van der Waals surface area contributed by atoms with Crippen LogP contribution in [0.1, 0.15) is 37.8 Å². The Labute approximate surface area is 164 Å². The highest BCUT2D eigenvalue weighted by atomic mass is 16.5. The fourth-order valence-corrected chi connectivity index (χ4v) is 4.86. The van der Waals surface area contributed by atoms with Crippen molar-refractivity contribution in [2.45, 2.75) is 44.7 Å². The van der Waals surface area contributed by atoms with E-state index >= 15 is 0 Å². The minimum absolute atomic E-state index is 0.302. The molecular weight excluding hydrogens is 332 g/mol. The molecule has 4 atom stereocenters. The first-order valence-corrected chi connectivity index (χ1v) is 10.4. The second-order valence-electron chi connectivity index (χ2n) is 8.46. The van der Waals surface area contributed by atoms with Crippen LogP contribution in [0.15, 0.2) is 54.6 Å². The van der Waals surface area contributed by atoms with Gasteiger partial charge in [0.25, 0.3) is 0 Å². The van der Waals surface area contributed by atoms with E-state index in [2.05, 4.69) is 80.8 Å². The average molecular weight is 369 g/mol. The van der Waals surface area contributed by atoms with Gasteiger partial charge in [-0.15, -0.1) is 0 Å². The smallest absolute Gasteiger partial charge is 0.118 e. The monoisotopic (exact) mass is 368 g/mol. The van der Waals surface area contributed by atoms with Crippen molar-refractivity contribution in [3.05, 3.63) is 65.7 Å². The summed E-state index contributed by atoms with van der Waals surface area (Å²) in [4.78, 5) is 1.68. The molecular formula is C24H36N2O+2. The maximum Gasteiger partial charge on any atom is 0.118 e. The molecule has 1 aliphatic rings. The van der Waals surface area contributed by atoms with E-state index in [9.17, 15) is 0 Å². The van der Waals surface area contributed by atoms with Crippen LogP contribution in [-0.4, -0.2) is 33.3 Å². The molecule has 3 heteroatoms. The summed E-state index contributed by atoms with van der Waals surface area (Å²) in [6.45, 7) is 8.33. The summed E-state index contributed by atoms with van der Waals surface area (Å²) in [5.41, 5.74) is 3.20. The Morgan fingerprint density at radius 1 is 1.07 bits per heavy atom. The number of likely N-dealkylation sites (tertiary alicyclic amines) is 1. The number of nitrogens with one attached hydrogen (secondary N) is 1. The highest BCUT2D eigenvalue weighted by Gasteiger charge is 2.46. The molecule has 2 aromatic rings. The number of benzene rings is 2. The Balaban J connectivity index is 1.67. The lowest BCUT2D eigenvalue weighted by molar-refractivity contribution is -0.915. The van der Waals surface area contributed by atoms with Crippen LogP contribution in [0.3, 0.4) is 0 Å². The summed E-state index contributed by atoms with van der Waals surface area (Å²) >= 11 is 0. The second-order valence-corrected chi connectivity index (χ2v) is 8.46. The largest absolute Gasteiger partial charge is 0.497 e. The lowest BCUT2D eigenvalue weighted by Crippen LogP contribution is -3.15. The summed E-state index contributed by atoms with van der Waals surface area (Å²) < 4.78 is 5.25. The predicted molar refractivity (Wildman–Crippen MR) is 111 cm³/mol. The van der Waals surface area contributed by atoms with E-state index in [1.165, 1.54) is 30.5 Å². The molecule has 146 valence electrons. The predicted octanol–water partition coefficient (Wildman–Crippen LogP) is 2.03. The van der Waals surface area contributed by atoms with Gasteiger partial charge in [-0.3, -0.25) is 0 Å². The summed E-state index contributed by atoms with van der Waals surface area (Å²) in [6, 6.07) is 20.4. The van der Waals surface area contributed by atoms with Crippen molar-refractivity contribution in [1.29, 1.82) is 0 Å². The van der Waals surface area contributed by atoms with Crippen molar-refractivity contribution in [2.75, 3.05) is 27.2 Å².